The molecule has 0 aromatic heterocycles. The Balaban J connectivity index is 1.93. The first-order chi connectivity index (χ1) is 7.54. The fraction of sp³-hybridized carbons (Fsp3) is 0.500. The molecule has 1 aliphatic heterocycles. The molecule has 16 heavy (non-hydrogen) atoms. The van der Waals surface area contributed by atoms with E-state index in [-0.39, 0.29) is 12.5 Å². The summed E-state index contributed by atoms with van der Waals surface area (Å²) in [5.74, 6) is 0.737. The number of fused-ring (bicyclic) bond motifs is 1. The zero-order valence-corrected chi connectivity index (χ0v) is 8.76. The number of halogens is 3. The summed E-state index contributed by atoms with van der Waals surface area (Å²) in [6.45, 7) is 0. The van der Waals surface area contributed by atoms with Gasteiger partial charge in [-0.15, -0.1) is 0 Å². The van der Waals surface area contributed by atoms with Crippen molar-refractivity contribution in [3.63, 3.8) is 0 Å². The predicted molar refractivity (Wildman–Crippen MR) is 54.5 cm³/mol. The van der Waals surface area contributed by atoms with Crippen molar-refractivity contribution in [2.24, 2.45) is 0 Å². The molecule has 0 aliphatic carbocycles. The smallest absolute Gasteiger partial charge is 0.389 e. The van der Waals surface area contributed by atoms with Crippen LogP contribution in [-0.4, -0.2) is 12.3 Å². The second-order valence-corrected chi connectivity index (χ2v) is 4.04. The molecule has 1 aliphatic rings. The first-order valence-corrected chi connectivity index (χ1v) is 5.36. The number of aryl methyl sites for hydroxylation is 1. The van der Waals surface area contributed by atoms with Gasteiger partial charge in [-0.1, -0.05) is 18.2 Å². The van der Waals surface area contributed by atoms with Crippen LogP contribution in [0.2, 0.25) is 0 Å². The van der Waals surface area contributed by atoms with Crippen LogP contribution in [0.15, 0.2) is 24.3 Å². The molecule has 1 atom stereocenters. The second kappa shape index (κ2) is 4.36. The lowest BCUT2D eigenvalue weighted by Crippen LogP contribution is -2.24. The lowest BCUT2D eigenvalue weighted by atomic mass is 9.99. The van der Waals surface area contributed by atoms with Crippen molar-refractivity contribution in [2.45, 2.75) is 38.0 Å². The lowest BCUT2D eigenvalue weighted by Gasteiger charge is -2.26. The van der Waals surface area contributed by atoms with Crippen LogP contribution in [0.25, 0.3) is 0 Å². The van der Waals surface area contributed by atoms with E-state index in [0.717, 1.165) is 17.7 Å². The summed E-state index contributed by atoms with van der Waals surface area (Å²) in [7, 11) is 0. The molecule has 88 valence electrons. The van der Waals surface area contributed by atoms with Gasteiger partial charge in [0.1, 0.15) is 5.75 Å². The normalized spacial score (nSPS) is 20.1. The maximum Gasteiger partial charge on any atom is 0.389 e. The van der Waals surface area contributed by atoms with Gasteiger partial charge in [-0.2, -0.15) is 13.2 Å². The maximum absolute atomic E-state index is 12.1. The standard InChI is InChI=1S/C12H13F3O/c13-12(14,15)8-7-10-6-5-9-3-1-2-4-11(9)16-10/h1-4,10H,5-8H2. The average Bonchev–Trinajstić information content (AvgIpc) is 2.25. The van der Waals surface area contributed by atoms with Crippen LogP contribution in [-0.2, 0) is 6.42 Å². The summed E-state index contributed by atoms with van der Waals surface area (Å²) in [6, 6.07) is 7.52. The third-order valence-corrected chi connectivity index (χ3v) is 2.75. The van der Waals surface area contributed by atoms with Gasteiger partial charge >= 0.3 is 6.18 Å². The van der Waals surface area contributed by atoms with E-state index in [4.69, 9.17) is 4.74 Å². The van der Waals surface area contributed by atoms with Crippen LogP contribution >= 0.6 is 0 Å². The topological polar surface area (TPSA) is 9.23 Å². The second-order valence-electron chi connectivity index (χ2n) is 4.04. The van der Waals surface area contributed by atoms with Crippen LogP contribution in [0.3, 0.4) is 0 Å². The van der Waals surface area contributed by atoms with Crippen LogP contribution in [0.1, 0.15) is 24.8 Å². The Hall–Kier alpha value is -1.19. The molecule has 2 rings (SSSR count). The third-order valence-electron chi connectivity index (χ3n) is 2.75. The molecule has 0 N–H and O–H groups in total. The average molecular weight is 230 g/mol. The summed E-state index contributed by atoms with van der Waals surface area (Å²) in [4.78, 5) is 0. The van der Waals surface area contributed by atoms with Gasteiger partial charge in [-0.05, 0) is 30.9 Å². The van der Waals surface area contributed by atoms with Crippen LogP contribution in [0, 0.1) is 0 Å². The Morgan fingerprint density at radius 1 is 1.25 bits per heavy atom. The zero-order chi connectivity index (χ0) is 11.6. The number of benzene rings is 1. The van der Waals surface area contributed by atoms with Gasteiger partial charge in [0.25, 0.3) is 0 Å². The minimum Gasteiger partial charge on any atom is -0.490 e. The van der Waals surface area contributed by atoms with Crippen molar-refractivity contribution in [3.05, 3.63) is 29.8 Å². The molecule has 0 amide bonds. The van der Waals surface area contributed by atoms with E-state index in [1.807, 2.05) is 24.3 Å². The number of hydrogen-bond donors (Lipinski definition) is 0. The highest BCUT2D eigenvalue weighted by Gasteiger charge is 2.30. The van der Waals surface area contributed by atoms with E-state index in [1.54, 1.807) is 0 Å². The van der Waals surface area contributed by atoms with Gasteiger partial charge in [0, 0.05) is 6.42 Å². The summed E-state index contributed by atoms with van der Waals surface area (Å²) in [5, 5.41) is 0. The Kier molecular flexibility index (Phi) is 3.08. The molecule has 0 radical (unpaired) electrons. The Labute approximate surface area is 92.2 Å². The van der Waals surface area contributed by atoms with Gasteiger partial charge in [-0.25, -0.2) is 0 Å². The molecule has 0 fully saturated rings. The quantitative estimate of drug-likeness (QED) is 0.752. The molecule has 0 spiro atoms. The van der Waals surface area contributed by atoms with Crippen LogP contribution in [0.4, 0.5) is 13.2 Å². The number of para-hydroxylation sites is 1. The van der Waals surface area contributed by atoms with E-state index in [0.29, 0.717) is 6.42 Å². The van der Waals surface area contributed by atoms with E-state index in [9.17, 15) is 13.2 Å². The molecular formula is C12H13F3O. The fourth-order valence-electron chi connectivity index (χ4n) is 1.91. The van der Waals surface area contributed by atoms with Crippen molar-refractivity contribution < 1.29 is 17.9 Å². The van der Waals surface area contributed by atoms with Gasteiger partial charge in [0.05, 0.1) is 6.10 Å². The maximum atomic E-state index is 12.1. The molecule has 1 aromatic carbocycles. The Bertz CT molecular complexity index is 360. The summed E-state index contributed by atoms with van der Waals surface area (Å²) in [5.41, 5.74) is 1.09. The molecule has 0 saturated carbocycles. The monoisotopic (exact) mass is 230 g/mol. The first-order valence-electron chi connectivity index (χ1n) is 5.36. The minimum atomic E-state index is -4.08. The first kappa shape index (κ1) is 11.3. The van der Waals surface area contributed by atoms with Gasteiger partial charge in [0.2, 0.25) is 0 Å². The van der Waals surface area contributed by atoms with Crippen molar-refractivity contribution >= 4 is 0 Å². The zero-order valence-electron chi connectivity index (χ0n) is 8.76. The highest BCUT2D eigenvalue weighted by Crippen LogP contribution is 2.31. The lowest BCUT2D eigenvalue weighted by molar-refractivity contribution is -0.139. The Morgan fingerprint density at radius 2 is 2.00 bits per heavy atom. The van der Waals surface area contributed by atoms with Crippen molar-refractivity contribution in [2.75, 3.05) is 0 Å². The minimum absolute atomic E-state index is 0.0534. The highest BCUT2D eigenvalue weighted by atomic mass is 19.4. The van der Waals surface area contributed by atoms with E-state index in [1.165, 1.54) is 0 Å². The molecule has 1 nitrogen and oxygen atoms in total. The molecule has 1 heterocycles. The summed E-state index contributed by atoms with van der Waals surface area (Å²) < 4.78 is 41.7. The van der Waals surface area contributed by atoms with Gasteiger partial charge < -0.3 is 4.74 Å². The van der Waals surface area contributed by atoms with E-state index >= 15 is 0 Å². The van der Waals surface area contributed by atoms with Crippen molar-refractivity contribution in [1.82, 2.24) is 0 Å². The van der Waals surface area contributed by atoms with E-state index in [2.05, 4.69) is 0 Å². The predicted octanol–water partition coefficient (Wildman–Crippen LogP) is 3.72. The van der Waals surface area contributed by atoms with Gasteiger partial charge in [-0.3, -0.25) is 0 Å². The van der Waals surface area contributed by atoms with Gasteiger partial charge in [0.15, 0.2) is 0 Å². The SMILES string of the molecule is FC(F)(F)CCC1CCc2ccccc2O1. The molecular weight excluding hydrogens is 217 g/mol. The number of ether oxygens (including phenoxy) is 1. The Morgan fingerprint density at radius 3 is 2.75 bits per heavy atom. The van der Waals surface area contributed by atoms with Crippen molar-refractivity contribution in [3.8, 4) is 5.75 Å². The molecule has 1 unspecified atom stereocenters. The number of hydrogen-bond acceptors (Lipinski definition) is 1. The van der Waals surface area contributed by atoms with Crippen molar-refractivity contribution in [1.29, 1.82) is 0 Å². The van der Waals surface area contributed by atoms with Crippen LogP contribution < -0.4 is 4.74 Å². The fourth-order valence-corrected chi connectivity index (χ4v) is 1.91. The summed E-state index contributed by atoms with van der Waals surface area (Å²) in [6.07, 6.45) is -3.61. The third kappa shape index (κ3) is 2.90. The molecule has 1 aromatic rings. The highest BCUT2D eigenvalue weighted by molar-refractivity contribution is 5.35. The summed E-state index contributed by atoms with van der Waals surface area (Å²) >= 11 is 0. The molecule has 4 heteroatoms. The number of alkyl halides is 3. The van der Waals surface area contributed by atoms with E-state index < -0.39 is 12.6 Å². The number of rotatable bonds is 2. The van der Waals surface area contributed by atoms with Crippen LogP contribution in [0.5, 0.6) is 5.75 Å². The largest absolute Gasteiger partial charge is 0.490 e. The molecule has 0 bridgehead atoms. The molecule has 0 saturated heterocycles.